The molecule has 0 saturated carbocycles. The van der Waals surface area contributed by atoms with Gasteiger partial charge in [0.25, 0.3) is 5.91 Å². The number of likely N-dealkylation sites (tertiary alicyclic amines) is 1. The van der Waals surface area contributed by atoms with Gasteiger partial charge in [0.05, 0.1) is 12.0 Å². The maximum atomic E-state index is 12.4. The molecule has 2 rings (SSSR count). The molecule has 1 aliphatic rings. The largest absolute Gasteiger partial charge is 0.352 e. The van der Waals surface area contributed by atoms with Crippen molar-refractivity contribution in [3.05, 3.63) is 35.9 Å². The maximum absolute atomic E-state index is 12.4. The molecular weight excluding hydrogens is 354 g/mol. The van der Waals surface area contributed by atoms with Crippen molar-refractivity contribution >= 4 is 29.3 Å². The van der Waals surface area contributed by atoms with Gasteiger partial charge in [0.15, 0.2) is 0 Å². The van der Waals surface area contributed by atoms with Crippen LogP contribution in [0.1, 0.15) is 37.0 Å². The zero-order valence-corrected chi connectivity index (χ0v) is 16.0. The van der Waals surface area contributed by atoms with E-state index in [1.165, 1.54) is 0 Å². The molecule has 1 aliphatic heterocycles. The zero-order chi connectivity index (χ0) is 19.2. The minimum absolute atomic E-state index is 0.0132. The first kappa shape index (κ1) is 20.2. The van der Waals surface area contributed by atoms with Crippen LogP contribution in [0.25, 0.3) is 0 Å². The van der Waals surface area contributed by atoms with Gasteiger partial charge in [-0.05, 0) is 38.8 Å². The SMILES string of the molecule is CC(C)(CCl)C(=O)N1CCC(NC(=O)CNC(=O)c2ccccc2)CC1. The number of hydrogen-bond acceptors (Lipinski definition) is 3. The predicted molar refractivity (Wildman–Crippen MR) is 101 cm³/mol. The number of halogens is 1. The summed E-state index contributed by atoms with van der Waals surface area (Å²) < 4.78 is 0. The van der Waals surface area contributed by atoms with E-state index in [1.54, 1.807) is 24.3 Å². The van der Waals surface area contributed by atoms with Gasteiger partial charge in [0.2, 0.25) is 11.8 Å². The van der Waals surface area contributed by atoms with E-state index in [2.05, 4.69) is 10.6 Å². The van der Waals surface area contributed by atoms with Crippen LogP contribution in [-0.4, -0.2) is 54.2 Å². The number of benzene rings is 1. The van der Waals surface area contributed by atoms with Gasteiger partial charge in [-0.1, -0.05) is 18.2 Å². The van der Waals surface area contributed by atoms with Crippen LogP contribution in [0.4, 0.5) is 0 Å². The molecule has 0 bridgehead atoms. The van der Waals surface area contributed by atoms with Crippen LogP contribution in [0.2, 0.25) is 0 Å². The van der Waals surface area contributed by atoms with Gasteiger partial charge in [-0.15, -0.1) is 11.6 Å². The van der Waals surface area contributed by atoms with E-state index in [1.807, 2.05) is 24.8 Å². The number of hydrogen-bond donors (Lipinski definition) is 2. The van der Waals surface area contributed by atoms with Crippen LogP contribution in [0.3, 0.4) is 0 Å². The predicted octanol–water partition coefficient (Wildman–Crippen LogP) is 1.79. The fraction of sp³-hybridized carbons (Fsp3) is 0.526. The molecule has 2 N–H and O–H groups in total. The van der Waals surface area contributed by atoms with E-state index in [9.17, 15) is 14.4 Å². The van der Waals surface area contributed by atoms with Gasteiger partial charge in [0.1, 0.15) is 0 Å². The first-order valence-corrected chi connectivity index (χ1v) is 9.35. The summed E-state index contributed by atoms with van der Waals surface area (Å²) in [4.78, 5) is 38.2. The first-order chi connectivity index (χ1) is 12.3. The quantitative estimate of drug-likeness (QED) is 0.739. The van der Waals surface area contributed by atoms with Crippen LogP contribution in [0, 0.1) is 5.41 Å². The summed E-state index contributed by atoms with van der Waals surface area (Å²) in [7, 11) is 0. The smallest absolute Gasteiger partial charge is 0.251 e. The molecule has 6 nitrogen and oxygen atoms in total. The summed E-state index contributed by atoms with van der Waals surface area (Å²) in [5.41, 5.74) is -0.0478. The van der Waals surface area contributed by atoms with E-state index in [-0.39, 0.29) is 36.2 Å². The van der Waals surface area contributed by atoms with Crippen molar-refractivity contribution in [3.8, 4) is 0 Å². The minimum Gasteiger partial charge on any atom is -0.352 e. The molecule has 3 amide bonds. The normalized spacial score (nSPS) is 15.4. The summed E-state index contributed by atoms with van der Waals surface area (Å²) in [6.45, 7) is 4.81. The Labute approximate surface area is 159 Å². The molecule has 0 radical (unpaired) electrons. The highest BCUT2D eigenvalue weighted by molar-refractivity contribution is 6.19. The third-order valence-corrected chi connectivity index (χ3v) is 5.17. The fourth-order valence-corrected chi connectivity index (χ4v) is 2.96. The van der Waals surface area contributed by atoms with Gasteiger partial charge in [-0.3, -0.25) is 14.4 Å². The second kappa shape index (κ2) is 9.03. The van der Waals surface area contributed by atoms with Gasteiger partial charge < -0.3 is 15.5 Å². The summed E-state index contributed by atoms with van der Waals surface area (Å²) in [5, 5.41) is 5.53. The average Bonchev–Trinajstić information content (AvgIpc) is 2.66. The highest BCUT2D eigenvalue weighted by Crippen LogP contribution is 2.23. The zero-order valence-electron chi connectivity index (χ0n) is 15.3. The fourth-order valence-electron chi connectivity index (χ4n) is 2.84. The number of alkyl halides is 1. The molecule has 26 heavy (non-hydrogen) atoms. The molecule has 7 heteroatoms. The number of carbonyl (C=O) groups excluding carboxylic acids is 3. The second-order valence-corrected chi connectivity index (χ2v) is 7.47. The Balaban J connectivity index is 1.73. The van der Waals surface area contributed by atoms with Crippen molar-refractivity contribution in [3.63, 3.8) is 0 Å². The molecule has 142 valence electrons. The number of amides is 3. The van der Waals surface area contributed by atoms with Crippen molar-refractivity contribution in [2.45, 2.75) is 32.7 Å². The van der Waals surface area contributed by atoms with E-state index in [0.717, 1.165) is 0 Å². The number of nitrogens with zero attached hydrogens (tertiary/aromatic N) is 1. The number of nitrogens with one attached hydrogen (secondary N) is 2. The summed E-state index contributed by atoms with van der Waals surface area (Å²) in [6, 6.07) is 8.78. The van der Waals surface area contributed by atoms with Gasteiger partial charge in [0, 0.05) is 30.6 Å². The third-order valence-electron chi connectivity index (χ3n) is 4.51. The summed E-state index contributed by atoms with van der Waals surface area (Å²) in [5.74, 6) is -0.166. The monoisotopic (exact) mass is 379 g/mol. The lowest BCUT2D eigenvalue weighted by molar-refractivity contribution is -0.140. The van der Waals surface area contributed by atoms with Gasteiger partial charge in [-0.2, -0.15) is 0 Å². The number of rotatable bonds is 6. The van der Waals surface area contributed by atoms with Crippen molar-refractivity contribution in [2.75, 3.05) is 25.5 Å². The minimum atomic E-state index is -0.570. The van der Waals surface area contributed by atoms with Gasteiger partial charge >= 0.3 is 0 Å². The Morgan fingerprint density at radius 3 is 2.35 bits per heavy atom. The maximum Gasteiger partial charge on any atom is 0.251 e. The van der Waals surface area contributed by atoms with E-state index < -0.39 is 5.41 Å². The van der Waals surface area contributed by atoms with E-state index >= 15 is 0 Å². The van der Waals surface area contributed by atoms with Crippen LogP contribution >= 0.6 is 11.6 Å². The molecule has 0 aromatic heterocycles. The lowest BCUT2D eigenvalue weighted by atomic mass is 9.92. The van der Waals surface area contributed by atoms with Crippen molar-refractivity contribution in [2.24, 2.45) is 5.41 Å². The average molecular weight is 380 g/mol. The highest BCUT2D eigenvalue weighted by Gasteiger charge is 2.33. The molecule has 1 fully saturated rings. The first-order valence-electron chi connectivity index (χ1n) is 8.81. The van der Waals surface area contributed by atoms with Crippen molar-refractivity contribution < 1.29 is 14.4 Å². The number of carbonyl (C=O) groups is 3. The molecule has 1 saturated heterocycles. The van der Waals surface area contributed by atoms with E-state index in [4.69, 9.17) is 11.6 Å². The Morgan fingerprint density at radius 2 is 1.77 bits per heavy atom. The lowest BCUT2D eigenvalue weighted by Gasteiger charge is -2.36. The van der Waals surface area contributed by atoms with Crippen LogP contribution < -0.4 is 10.6 Å². The summed E-state index contributed by atoms with van der Waals surface area (Å²) >= 11 is 5.87. The lowest BCUT2D eigenvalue weighted by Crippen LogP contribution is -2.51. The molecule has 0 spiro atoms. The second-order valence-electron chi connectivity index (χ2n) is 7.20. The topological polar surface area (TPSA) is 78.5 Å². The molecule has 0 aliphatic carbocycles. The molecule has 1 heterocycles. The van der Waals surface area contributed by atoms with Crippen LogP contribution in [-0.2, 0) is 9.59 Å². The van der Waals surface area contributed by atoms with Crippen LogP contribution in [0.15, 0.2) is 30.3 Å². The molecule has 0 atom stereocenters. The Kier molecular flexibility index (Phi) is 7.03. The molecule has 1 aromatic rings. The van der Waals surface area contributed by atoms with Crippen molar-refractivity contribution in [1.82, 2.24) is 15.5 Å². The van der Waals surface area contributed by atoms with Crippen LogP contribution in [0.5, 0.6) is 0 Å². The van der Waals surface area contributed by atoms with E-state index in [0.29, 0.717) is 31.5 Å². The summed E-state index contributed by atoms with van der Waals surface area (Å²) in [6.07, 6.45) is 1.39. The standard InChI is InChI=1S/C19H26ClN3O3/c1-19(2,13-20)18(26)23-10-8-15(9-11-23)22-16(24)12-21-17(25)14-6-4-3-5-7-14/h3-7,15H,8-13H2,1-2H3,(H,21,25)(H,22,24). The van der Waals surface area contributed by atoms with Crippen molar-refractivity contribution in [1.29, 1.82) is 0 Å². The third kappa shape index (κ3) is 5.46. The molecule has 1 aromatic carbocycles. The number of piperidine rings is 1. The Morgan fingerprint density at radius 1 is 1.15 bits per heavy atom. The highest BCUT2D eigenvalue weighted by atomic mass is 35.5. The Bertz CT molecular complexity index is 641. The molecule has 0 unspecified atom stereocenters. The van der Waals surface area contributed by atoms with Gasteiger partial charge in [-0.25, -0.2) is 0 Å². The Hall–Kier alpha value is -2.08. The molecular formula is C19H26ClN3O3.